The molecule has 0 amide bonds. The molecule has 6 atom stereocenters. The molecule has 3 heteroatoms. The molecule has 3 fully saturated rings. The number of ketones is 1. The Morgan fingerprint density at radius 3 is 2.68 bits per heavy atom. The van der Waals surface area contributed by atoms with Gasteiger partial charge in [-0.15, -0.1) is 6.42 Å². The van der Waals surface area contributed by atoms with E-state index in [9.17, 15) is 9.59 Å². The minimum Gasteiger partial charge on any atom is -0.445 e. The van der Waals surface area contributed by atoms with Crippen molar-refractivity contribution in [3.05, 3.63) is 11.6 Å². The summed E-state index contributed by atoms with van der Waals surface area (Å²) in [5, 5.41) is 0. The Bertz CT molecular complexity index is 774. The lowest BCUT2D eigenvalue weighted by Gasteiger charge is -2.56. The summed E-state index contributed by atoms with van der Waals surface area (Å²) in [6.45, 7) is 4.44. The van der Waals surface area contributed by atoms with Crippen LogP contribution in [0.1, 0.15) is 104 Å². The fourth-order valence-electron chi connectivity index (χ4n) is 8.06. The molecule has 4 aliphatic rings. The predicted molar refractivity (Wildman–Crippen MR) is 123 cm³/mol. The number of terminal acetylenes is 1. The Balaban J connectivity index is 1.53. The van der Waals surface area contributed by atoms with Gasteiger partial charge < -0.3 is 4.74 Å². The van der Waals surface area contributed by atoms with Crippen molar-refractivity contribution in [2.75, 3.05) is 0 Å². The number of hydrogen-bond donors (Lipinski definition) is 0. The number of hydrogen-bond acceptors (Lipinski definition) is 3. The summed E-state index contributed by atoms with van der Waals surface area (Å²) in [7, 11) is 0. The average molecular weight is 425 g/mol. The summed E-state index contributed by atoms with van der Waals surface area (Å²) in [5.41, 5.74) is 0.618. The molecule has 0 saturated heterocycles. The molecule has 4 aliphatic carbocycles. The Labute approximate surface area is 188 Å². The molecule has 3 saturated carbocycles. The van der Waals surface area contributed by atoms with E-state index >= 15 is 0 Å². The van der Waals surface area contributed by atoms with E-state index in [1.54, 1.807) is 0 Å². The maximum absolute atomic E-state index is 12.8. The second kappa shape index (κ2) is 9.13. The van der Waals surface area contributed by atoms with Gasteiger partial charge in [0.2, 0.25) is 0 Å². The lowest BCUT2D eigenvalue weighted by molar-refractivity contribution is -0.173. The summed E-state index contributed by atoms with van der Waals surface area (Å²) >= 11 is 0. The van der Waals surface area contributed by atoms with Crippen molar-refractivity contribution in [2.24, 2.45) is 29.1 Å². The fraction of sp³-hybridized carbons (Fsp3) is 0.786. The molecule has 0 N–H and O–H groups in total. The average Bonchev–Trinajstić information content (AvgIpc) is 3.11. The molecule has 0 spiro atoms. The third kappa shape index (κ3) is 3.79. The molecule has 31 heavy (non-hydrogen) atoms. The maximum atomic E-state index is 12.8. The van der Waals surface area contributed by atoms with Crippen LogP contribution in [0, 0.1) is 41.4 Å². The number of fused-ring (bicyclic) bond motifs is 5. The van der Waals surface area contributed by atoms with E-state index in [2.05, 4.69) is 19.8 Å². The summed E-state index contributed by atoms with van der Waals surface area (Å²) in [5.74, 6) is 5.75. The highest BCUT2D eigenvalue weighted by Crippen LogP contribution is 2.67. The number of unbranched alkanes of at least 4 members (excludes halogenated alkanes) is 3. The first-order valence-corrected chi connectivity index (χ1v) is 12.9. The predicted octanol–water partition coefficient (Wildman–Crippen LogP) is 6.40. The van der Waals surface area contributed by atoms with Gasteiger partial charge in [-0.25, -0.2) is 0 Å². The summed E-state index contributed by atoms with van der Waals surface area (Å²) in [6, 6.07) is 0. The number of ether oxygens (including phenoxy) is 1. The van der Waals surface area contributed by atoms with Gasteiger partial charge in [0.25, 0.3) is 0 Å². The number of carbonyl (C=O) groups is 2. The SMILES string of the molecule is C#CC1(OC(=O)CCCCCC)CC[C@H]2[C@@H]3CCC4=CC(=O)CC[C@@H]4[C@H]3CC[C@@]21CC. The molecule has 4 rings (SSSR count). The molecule has 1 unspecified atom stereocenters. The van der Waals surface area contributed by atoms with Crippen LogP contribution >= 0.6 is 0 Å². The molecular formula is C28H40O3. The molecule has 0 aliphatic heterocycles. The van der Waals surface area contributed by atoms with Crippen LogP contribution in [0.4, 0.5) is 0 Å². The zero-order valence-corrected chi connectivity index (χ0v) is 19.6. The van der Waals surface area contributed by atoms with E-state index in [1.807, 2.05) is 6.08 Å². The molecule has 0 radical (unpaired) electrons. The number of carbonyl (C=O) groups excluding carboxylic acids is 2. The van der Waals surface area contributed by atoms with Gasteiger partial charge in [-0.2, -0.15) is 0 Å². The molecule has 0 aromatic rings. The van der Waals surface area contributed by atoms with Crippen molar-refractivity contribution in [3.8, 4) is 12.3 Å². The third-order valence-corrected chi connectivity index (χ3v) is 9.51. The van der Waals surface area contributed by atoms with Gasteiger partial charge in [-0.3, -0.25) is 9.59 Å². The lowest BCUT2D eigenvalue weighted by Crippen LogP contribution is -2.55. The Kier molecular flexibility index (Phi) is 6.66. The summed E-state index contributed by atoms with van der Waals surface area (Å²) < 4.78 is 6.26. The van der Waals surface area contributed by atoms with Crippen molar-refractivity contribution >= 4 is 11.8 Å². The largest absolute Gasteiger partial charge is 0.445 e. The first-order chi connectivity index (χ1) is 15.0. The second-order valence-electron chi connectivity index (χ2n) is 10.6. The van der Waals surface area contributed by atoms with Crippen molar-refractivity contribution < 1.29 is 14.3 Å². The number of allylic oxidation sites excluding steroid dienone is 1. The highest BCUT2D eigenvalue weighted by atomic mass is 16.6. The van der Waals surface area contributed by atoms with Crippen LogP contribution in [0.3, 0.4) is 0 Å². The van der Waals surface area contributed by atoms with E-state index in [-0.39, 0.29) is 11.4 Å². The normalized spacial score (nSPS) is 39.0. The fourth-order valence-corrected chi connectivity index (χ4v) is 8.06. The van der Waals surface area contributed by atoms with Crippen LogP contribution in [0.5, 0.6) is 0 Å². The van der Waals surface area contributed by atoms with Gasteiger partial charge in [-0.1, -0.05) is 44.6 Å². The lowest BCUT2D eigenvalue weighted by atomic mass is 9.49. The number of rotatable bonds is 7. The van der Waals surface area contributed by atoms with Crippen molar-refractivity contribution in [3.63, 3.8) is 0 Å². The molecule has 0 aromatic carbocycles. The first-order valence-electron chi connectivity index (χ1n) is 12.9. The van der Waals surface area contributed by atoms with Crippen LogP contribution in [0.25, 0.3) is 0 Å². The van der Waals surface area contributed by atoms with E-state index in [0.29, 0.717) is 42.3 Å². The molecular weight excluding hydrogens is 384 g/mol. The molecule has 170 valence electrons. The summed E-state index contributed by atoms with van der Waals surface area (Å²) in [4.78, 5) is 24.8. The molecule has 0 bridgehead atoms. The topological polar surface area (TPSA) is 43.4 Å². The minimum atomic E-state index is -0.724. The van der Waals surface area contributed by atoms with E-state index < -0.39 is 5.60 Å². The van der Waals surface area contributed by atoms with Gasteiger partial charge >= 0.3 is 5.97 Å². The monoisotopic (exact) mass is 424 g/mol. The quantitative estimate of drug-likeness (QED) is 0.270. The number of esters is 1. The van der Waals surface area contributed by atoms with Crippen LogP contribution < -0.4 is 0 Å². The second-order valence-corrected chi connectivity index (χ2v) is 10.6. The van der Waals surface area contributed by atoms with Crippen LogP contribution in [0.2, 0.25) is 0 Å². The standard InChI is InChI=1S/C28H40O3/c1-4-7-8-9-10-26(30)31-28(6-3)18-16-25-24-13-11-20-19-21(29)12-14-22(20)23(24)15-17-27(25,28)5-2/h3,19,22-25H,4-5,7-18H2,1-2H3/t22-,23+,24+,25-,27-,28?/m0/s1. The van der Waals surface area contributed by atoms with Gasteiger partial charge in [0, 0.05) is 18.3 Å². The van der Waals surface area contributed by atoms with Crippen molar-refractivity contribution in [1.29, 1.82) is 0 Å². The van der Waals surface area contributed by atoms with E-state index in [0.717, 1.165) is 64.2 Å². The smallest absolute Gasteiger partial charge is 0.307 e. The van der Waals surface area contributed by atoms with Crippen LogP contribution in [0.15, 0.2) is 11.6 Å². The Morgan fingerprint density at radius 2 is 1.94 bits per heavy atom. The van der Waals surface area contributed by atoms with Crippen LogP contribution in [-0.2, 0) is 14.3 Å². The highest BCUT2D eigenvalue weighted by Gasteiger charge is 2.65. The first kappa shape index (κ1) is 22.6. The minimum absolute atomic E-state index is 0.0757. The van der Waals surface area contributed by atoms with Gasteiger partial charge in [0.05, 0.1) is 0 Å². The Morgan fingerprint density at radius 1 is 1.10 bits per heavy atom. The molecule has 0 aromatic heterocycles. The Hall–Kier alpha value is -1.56. The third-order valence-electron chi connectivity index (χ3n) is 9.51. The van der Waals surface area contributed by atoms with Gasteiger partial charge in [0.1, 0.15) is 0 Å². The van der Waals surface area contributed by atoms with Crippen LogP contribution in [-0.4, -0.2) is 17.4 Å². The zero-order chi connectivity index (χ0) is 22.1. The van der Waals surface area contributed by atoms with E-state index in [1.165, 1.54) is 18.4 Å². The molecule has 0 heterocycles. The van der Waals surface area contributed by atoms with Gasteiger partial charge in [-0.05, 0) is 87.5 Å². The summed E-state index contributed by atoms with van der Waals surface area (Å²) in [6.07, 6.45) is 22.0. The van der Waals surface area contributed by atoms with Gasteiger partial charge in [0.15, 0.2) is 11.4 Å². The maximum Gasteiger partial charge on any atom is 0.307 e. The highest BCUT2D eigenvalue weighted by molar-refractivity contribution is 5.91. The van der Waals surface area contributed by atoms with E-state index in [4.69, 9.17) is 11.2 Å². The zero-order valence-electron chi connectivity index (χ0n) is 19.6. The van der Waals surface area contributed by atoms with Crippen molar-refractivity contribution in [1.82, 2.24) is 0 Å². The van der Waals surface area contributed by atoms with Crippen molar-refractivity contribution in [2.45, 2.75) is 109 Å². The molecule has 3 nitrogen and oxygen atoms in total.